The monoisotopic (exact) mass is 228 g/mol. The molecule has 0 atom stereocenters. The lowest BCUT2D eigenvalue weighted by Gasteiger charge is -2.02. The van der Waals surface area contributed by atoms with Gasteiger partial charge in [-0.1, -0.05) is 36.4 Å². The fourth-order valence-corrected chi connectivity index (χ4v) is 1.42. The molecule has 1 nitrogen and oxygen atoms in total. The Kier molecular flexibility index (Phi) is 3.92. The molecule has 0 bridgehead atoms. The first-order valence-electron chi connectivity index (χ1n) is 5.44. The summed E-state index contributed by atoms with van der Waals surface area (Å²) in [6, 6.07) is 16.0. The maximum Gasteiger partial charge on any atom is 0.123 e. The van der Waals surface area contributed by atoms with Crippen molar-refractivity contribution in [2.24, 2.45) is 0 Å². The lowest BCUT2D eigenvalue weighted by Crippen LogP contribution is -1.92. The van der Waals surface area contributed by atoms with E-state index in [4.69, 9.17) is 4.74 Å². The van der Waals surface area contributed by atoms with Crippen molar-refractivity contribution in [3.05, 3.63) is 72.1 Å². The molecule has 0 fully saturated rings. The molecular formula is C15H13FO. The van der Waals surface area contributed by atoms with E-state index < -0.39 is 0 Å². The highest BCUT2D eigenvalue weighted by Crippen LogP contribution is 2.11. The van der Waals surface area contributed by atoms with Crippen LogP contribution in [0.25, 0.3) is 6.08 Å². The van der Waals surface area contributed by atoms with Crippen LogP contribution in [0.1, 0.15) is 5.56 Å². The summed E-state index contributed by atoms with van der Waals surface area (Å²) < 4.78 is 18.1. The minimum Gasteiger partial charge on any atom is -0.490 e. The predicted octanol–water partition coefficient (Wildman–Crippen LogP) is 3.92. The predicted molar refractivity (Wildman–Crippen MR) is 67.4 cm³/mol. The van der Waals surface area contributed by atoms with Gasteiger partial charge in [-0.3, -0.25) is 0 Å². The molecule has 0 saturated carbocycles. The first kappa shape index (κ1) is 11.4. The molecule has 2 rings (SSSR count). The van der Waals surface area contributed by atoms with Gasteiger partial charge in [0.25, 0.3) is 0 Å². The zero-order valence-electron chi connectivity index (χ0n) is 9.34. The van der Waals surface area contributed by atoms with Crippen LogP contribution in [0.4, 0.5) is 4.39 Å². The number of halogens is 1. The van der Waals surface area contributed by atoms with Crippen LogP contribution in [0, 0.1) is 5.82 Å². The molecule has 2 aromatic carbocycles. The summed E-state index contributed by atoms with van der Waals surface area (Å²) in [6.07, 6.45) is 3.92. The number of rotatable bonds is 4. The number of benzene rings is 2. The summed E-state index contributed by atoms with van der Waals surface area (Å²) in [5.74, 6) is 0.418. The minimum atomic E-state index is -0.253. The molecule has 0 heterocycles. The molecule has 86 valence electrons. The Labute approximate surface area is 100 Å². The molecular weight excluding hydrogens is 215 g/mol. The lowest BCUT2D eigenvalue weighted by atomic mass is 10.2. The van der Waals surface area contributed by atoms with E-state index >= 15 is 0 Å². The Morgan fingerprint density at radius 3 is 2.35 bits per heavy atom. The van der Waals surface area contributed by atoms with Gasteiger partial charge in [0.2, 0.25) is 0 Å². The van der Waals surface area contributed by atoms with Gasteiger partial charge in [0.15, 0.2) is 0 Å². The van der Waals surface area contributed by atoms with E-state index in [1.165, 1.54) is 12.1 Å². The third-order valence-corrected chi connectivity index (χ3v) is 2.27. The maximum atomic E-state index is 12.6. The van der Waals surface area contributed by atoms with E-state index in [0.717, 1.165) is 5.56 Å². The van der Waals surface area contributed by atoms with E-state index in [9.17, 15) is 4.39 Å². The largest absolute Gasteiger partial charge is 0.490 e. The van der Waals surface area contributed by atoms with Crippen molar-refractivity contribution in [2.75, 3.05) is 6.61 Å². The molecule has 0 radical (unpaired) electrons. The summed E-state index contributed by atoms with van der Waals surface area (Å²) in [5, 5.41) is 0. The Balaban J connectivity index is 1.84. The second kappa shape index (κ2) is 5.85. The summed E-state index contributed by atoms with van der Waals surface area (Å²) in [5.41, 5.74) is 1.13. The molecule has 2 aromatic rings. The van der Waals surface area contributed by atoms with Crippen LogP contribution >= 0.6 is 0 Å². The van der Waals surface area contributed by atoms with Gasteiger partial charge in [0.05, 0.1) is 0 Å². The molecule has 0 aliphatic heterocycles. The average molecular weight is 228 g/mol. The van der Waals surface area contributed by atoms with Crippen LogP contribution < -0.4 is 4.74 Å². The van der Waals surface area contributed by atoms with Gasteiger partial charge in [-0.25, -0.2) is 4.39 Å². The standard InChI is InChI=1S/C15H13FO/c16-14-8-10-15(11-9-14)17-12-4-7-13-5-2-1-3-6-13/h1-11H,12H2. The van der Waals surface area contributed by atoms with Crippen molar-refractivity contribution in [3.8, 4) is 5.75 Å². The van der Waals surface area contributed by atoms with E-state index in [2.05, 4.69) is 0 Å². The van der Waals surface area contributed by atoms with Gasteiger partial charge in [-0.05, 0) is 35.9 Å². The summed E-state index contributed by atoms with van der Waals surface area (Å²) in [6.45, 7) is 0.473. The second-order valence-corrected chi connectivity index (χ2v) is 3.58. The molecule has 0 aliphatic carbocycles. The highest BCUT2D eigenvalue weighted by atomic mass is 19.1. The van der Waals surface area contributed by atoms with Gasteiger partial charge in [-0.15, -0.1) is 0 Å². The van der Waals surface area contributed by atoms with Crippen molar-refractivity contribution >= 4 is 6.08 Å². The van der Waals surface area contributed by atoms with Gasteiger partial charge in [0, 0.05) is 0 Å². The Morgan fingerprint density at radius 2 is 1.65 bits per heavy atom. The molecule has 0 unspecified atom stereocenters. The van der Waals surface area contributed by atoms with E-state index in [1.54, 1.807) is 12.1 Å². The lowest BCUT2D eigenvalue weighted by molar-refractivity contribution is 0.363. The van der Waals surface area contributed by atoms with Crippen LogP contribution in [0.2, 0.25) is 0 Å². The van der Waals surface area contributed by atoms with Gasteiger partial charge >= 0.3 is 0 Å². The highest BCUT2D eigenvalue weighted by Gasteiger charge is 1.92. The molecule has 0 aliphatic rings. The van der Waals surface area contributed by atoms with Crippen molar-refractivity contribution < 1.29 is 9.13 Å². The Bertz CT molecular complexity index is 474. The minimum absolute atomic E-state index is 0.253. The molecule has 0 saturated heterocycles. The Morgan fingerprint density at radius 1 is 0.941 bits per heavy atom. The summed E-state index contributed by atoms with van der Waals surface area (Å²) in [7, 11) is 0. The van der Waals surface area contributed by atoms with Crippen LogP contribution in [0.15, 0.2) is 60.7 Å². The van der Waals surface area contributed by atoms with E-state index in [1.807, 2.05) is 42.5 Å². The SMILES string of the molecule is Fc1ccc(OCC=Cc2ccccc2)cc1. The second-order valence-electron chi connectivity index (χ2n) is 3.58. The maximum absolute atomic E-state index is 12.6. The van der Waals surface area contributed by atoms with Crippen molar-refractivity contribution in [1.29, 1.82) is 0 Å². The summed E-state index contributed by atoms with van der Waals surface area (Å²) >= 11 is 0. The topological polar surface area (TPSA) is 9.23 Å². The highest BCUT2D eigenvalue weighted by molar-refractivity contribution is 5.48. The number of hydrogen-bond acceptors (Lipinski definition) is 1. The number of ether oxygens (including phenoxy) is 1. The summed E-state index contributed by atoms with van der Waals surface area (Å²) in [4.78, 5) is 0. The van der Waals surface area contributed by atoms with Gasteiger partial charge in [-0.2, -0.15) is 0 Å². The first-order valence-corrected chi connectivity index (χ1v) is 5.44. The van der Waals surface area contributed by atoms with Crippen LogP contribution in [-0.4, -0.2) is 6.61 Å². The average Bonchev–Trinajstić information content (AvgIpc) is 2.38. The molecule has 0 aromatic heterocycles. The molecule has 17 heavy (non-hydrogen) atoms. The third kappa shape index (κ3) is 3.76. The molecule has 0 spiro atoms. The van der Waals surface area contributed by atoms with Crippen LogP contribution in [0.3, 0.4) is 0 Å². The third-order valence-electron chi connectivity index (χ3n) is 2.27. The van der Waals surface area contributed by atoms with E-state index in [-0.39, 0.29) is 5.82 Å². The fraction of sp³-hybridized carbons (Fsp3) is 0.0667. The fourth-order valence-electron chi connectivity index (χ4n) is 1.42. The van der Waals surface area contributed by atoms with Gasteiger partial charge in [0.1, 0.15) is 18.2 Å². The van der Waals surface area contributed by atoms with Crippen molar-refractivity contribution in [3.63, 3.8) is 0 Å². The number of hydrogen-bond donors (Lipinski definition) is 0. The zero-order valence-corrected chi connectivity index (χ0v) is 9.34. The van der Waals surface area contributed by atoms with Crippen molar-refractivity contribution in [1.82, 2.24) is 0 Å². The molecule has 0 amide bonds. The van der Waals surface area contributed by atoms with Crippen molar-refractivity contribution in [2.45, 2.75) is 0 Å². The first-order chi connectivity index (χ1) is 8.34. The van der Waals surface area contributed by atoms with Crippen LogP contribution in [0.5, 0.6) is 5.75 Å². The van der Waals surface area contributed by atoms with Gasteiger partial charge < -0.3 is 4.74 Å². The van der Waals surface area contributed by atoms with Crippen LogP contribution in [-0.2, 0) is 0 Å². The normalized spacial score (nSPS) is 10.6. The molecule has 2 heteroatoms. The quantitative estimate of drug-likeness (QED) is 0.770. The zero-order chi connectivity index (χ0) is 11.9. The smallest absolute Gasteiger partial charge is 0.123 e. The molecule has 0 N–H and O–H groups in total. The van der Waals surface area contributed by atoms with E-state index in [0.29, 0.717) is 12.4 Å². The Hall–Kier alpha value is -2.09.